The van der Waals surface area contributed by atoms with E-state index < -0.39 is 5.97 Å². The summed E-state index contributed by atoms with van der Waals surface area (Å²) in [5.41, 5.74) is 0. The number of unbranched alkanes of at least 4 members (excludes halogenated alkanes) is 7. The first-order valence-corrected chi connectivity index (χ1v) is 9.40. The minimum absolute atomic E-state index is 0.343. The number of carboxylic acid groups (broad SMARTS) is 1. The zero-order valence-corrected chi connectivity index (χ0v) is 15.3. The summed E-state index contributed by atoms with van der Waals surface area (Å²) >= 11 is 0. The average molecular weight is 324 g/mol. The van der Waals surface area contributed by atoms with E-state index in [2.05, 4.69) is 29.2 Å². The molecule has 0 aliphatic rings. The van der Waals surface area contributed by atoms with Crippen molar-refractivity contribution in [3.8, 4) is 0 Å². The number of aliphatic carboxylic acids is 1. The Labute approximate surface area is 141 Å². The van der Waals surface area contributed by atoms with Crippen LogP contribution in [0.3, 0.4) is 0 Å². The van der Waals surface area contributed by atoms with Crippen molar-refractivity contribution in [2.45, 2.75) is 91.6 Å². The van der Waals surface area contributed by atoms with Gasteiger partial charge in [-0.2, -0.15) is 0 Å². The molecule has 0 aliphatic carbocycles. The first-order chi connectivity index (χ1) is 11.1. The predicted molar refractivity (Wildman–Crippen MR) is 93.4 cm³/mol. The van der Waals surface area contributed by atoms with Gasteiger partial charge in [0.05, 0.1) is 12.5 Å². The van der Waals surface area contributed by atoms with Crippen LogP contribution < -0.4 is 4.57 Å². The number of carbonyl (C=O) groups is 1. The van der Waals surface area contributed by atoms with Crippen molar-refractivity contribution in [3.05, 3.63) is 18.2 Å². The molecule has 0 aromatic carbocycles. The fourth-order valence-electron chi connectivity index (χ4n) is 3.03. The van der Waals surface area contributed by atoms with Crippen molar-refractivity contribution < 1.29 is 14.5 Å². The summed E-state index contributed by atoms with van der Waals surface area (Å²) in [6, 6.07) is 0. The Morgan fingerprint density at radius 3 is 2.30 bits per heavy atom. The van der Waals surface area contributed by atoms with Gasteiger partial charge in [-0.05, 0) is 20.3 Å². The summed E-state index contributed by atoms with van der Waals surface area (Å²) in [4.78, 5) is 11.1. The lowest BCUT2D eigenvalue weighted by atomic mass is 10.1. The molecule has 1 unspecified atom stereocenters. The van der Waals surface area contributed by atoms with Crippen molar-refractivity contribution in [2.24, 2.45) is 5.92 Å². The molecule has 0 saturated heterocycles. The van der Waals surface area contributed by atoms with Crippen LogP contribution in [0.15, 0.2) is 12.4 Å². The van der Waals surface area contributed by atoms with Gasteiger partial charge in [0.1, 0.15) is 18.9 Å². The van der Waals surface area contributed by atoms with Crippen molar-refractivity contribution in [2.75, 3.05) is 0 Å². The highest BCUT2D eigenvalue weighted by atomic mass is 16.4. The molecule has 0 spiro atoms. The molecule has 0 saturated carbocycles. The van der Waals surface area contributed by atoms with Crippen LogP contribution in [-0.4, -0.2) is 15.6 Å². The number of rotatable bonds is 13. The summed E-state index contributed by atoms with van der Waals surface area (Å²) in [6.45, 7) is 7.68. The normalized spacial score (nSPS) is 12.5. The fourth-order valence-corrected chi connectivity index (χ4v) is 3.03. The highest BCUT2D eigenvalue weighted by molar-refractivity contribution is 5.69. The number of hydrogen-bond acceptors (Lipinski definition) is 1. The molecule has 0 bridgehead atoms. The van der Waals surface area contributed by atoms with E-state index >= 15 is 0 Å². The second-order valence-corrected chi connectivity index (χ2v) is 6.62. The molecule has 0 aliphatic heterocycles. The number of carboxylic acids is 1. The van der Waals surface area contributed by atoms with E-state index in [4.69, 9.17) is 5.11 Å². The summed E-state index contributed by atoms with van der Waals surface area (Å²) in [5.74, 6) is 0.205. The molecule has 4 heteroatoms. The van der Waals surface area contributed by atoms with Gasteiger partial charge in [-0.15, -0.1) is 0 Å². The van der Waals surface area contributed by atoms with Crippen LogP contribution in [-0.2, 0) is 24.3 Å². The van der Waals surface area contributed by atoms with Gasteiger partial charge in [-0.25, -0.2) is 9.13 Å². The summed E-state index contributed by atoms with van der Waals surface area (Å²) < 4.78 is 4.37. The fraction of sp³-hybridized carbons (Fsp3) is 0.789. The van der Waals surface area contributed by atoms with Crippen LogP contribution in [0.2, 0.25) is 0 Å². The highest BCUT2D eigenvalue weighted by Gasteiger charge is 2.20. The summed E-state index contributed by atoms with van der Waals surface area (Å²) in [7, 11) is 0. The van der Waals surface area contributed by atoms with E-state index in [0.29, 0.717) is 6.54 Å². The Hall–Kier alpha value is -1.32. The lowest BCUT2D eigenvalue weighted by Crippen LogP contribution is -2.41. The van der Waals surface area contributed by atoms with Gasteiger partial charge in [-0.3, -0.25) is 4.79 Å². The van der Waals surface area contributed by atoms with Crippen LogP contribution in [0.1, 0.15) is 78.0 Å². The van der Waals surface area contributed by atoms with Crippen molar-refractivity contribution in [3.63, 3.8) is 0 Å². The second-order valence-electron chi connectivity index (χ2n) is 6.62. The quantitative estimate of drug-likeness (QED) is 0.437. The van der Waals surface area contributed by atoms with Crippen LogP contribution in [0.25, 0.3) is 0 Å². The molecule has 0 amide bonds. The Morgan fingerprint density at radius 1 is 1.13 bits per heavy atom. The zero-order chi connectivity index (χ0) is 17.1. The summed E-state index contributed by atoms with van der Waals surface area (Å²) in [5, 5.41) is 9.11. The van der Waals surface area contributed by atoms with Gasteiger partial charge >= 0.3 is 5.97 Å². The van der Waals surface area contributed by atoms with E-state index in [-0.39, 0.29) is 5.92 Å². The van der Waals surface area contributed by atoms with Gasteiger partial charge in [-0.1, -0.05) is 51.9 Å². The Morgan fingerprint density at radius 2 is 1.74 bits per heavy atom. The molecule has 0 radical (unpaired) electrons. The molecule has 1 rings (SSSR count). The van der Waals surface area contributed by atoms with Gasteiger partial charge in [0.25, 0.3) is 5.82 Å². The Bertz CT molecular complexity index is 454. The molecular weight excluding hydrogens is 288 g/mol. The number of aromatic nitrogens is 2. The van der Waals surface area contributed by atoms with Gasteiger partial charge in [0, 0.05) is 6.42 Å². The first-order valence-electron chi connectivity index (χ1n) is 9.40. The minimum Gasteiger partial charge on any atom is -0.481 e. The van der Waals surface area contributed by atoms with E-state index in [9.17, 15) is 4.79 Å². The number of imidazole rings is 1. The first kappa shape index (κ1) is 19.7. The number of nitrogens with zero attached hydrogens (tertiary/aromatic N) is 2. The molecular formula is C19H35N2O2+. The smallest absolute Gasteiger partial charge is 0.310 e. The van der Waals surface area contributed by atoms with E-state index in [1.165, 1.54) is 57.2 Å². The molecule has 23 heavy (non-hydrogen) atoms. The number of hydrogen-bond donors (Lipinski definition) is 1. The third-order valence-corrected chi connectivity index (χ3v) is 4.58. The van der Waals surface area contributed by atoms with Gasteiger partial charge < -0.3 is 5.11 Å². The Balaban J connectivity index is 2.39. The molecule has 0 fully saturated rings. The lowest BCUT2D eigenvalue weighted by molar-refractivity contribution is -0.707. The SMILES string of the molecule is CCCCCCCCCCc1n(CC)cc[n+]1CC(C)C(=O)O. The van der Waals surface area contributed by atoms with Crippen LogP contribution in [0.5, 0.6) is 0 Å². The minimum atomic E-state index is -0.722. The van der Waals surface area contributed by atoms with Crippen molar-refractivity contribution in [1.29, 1.82) is 0 Å². The molecule has 1 aromatic heterocycles. The van der Waals surface area contributed by atoms with E-state index in [1.54, 1.807) is 6.92 Å². The number of aryl methyl sites for hydroxylation is 1. The highest BCUT2D eigenvalue weighted by Crippen LogP contribution is 2.11. The monoisotopic (exact) mass is 323 g/mol. The molecule has 132 valence electrons. The third kappa shape index (κ3) is 7.19. The predicted octanol–water partition coefficient (Wildman–Crippen LogP) is 4.20. The Kier molecular flexibility index (Phi) is 9.65. The molecule has 1 N–H and O–H groups in total. The third-order valence-electron chi connectivity index (χ3n) is 4.58. The maximum Gasteiger partial charge on any atom is 0.310 e. The van der Waals surface area contributed by atoms with Gasteiger partial charge in [0.2, 0.25) is 0 Å². The topological polar surface area (TPSA) is 46.1 Å². The van der Waals surface area contributed by atoms with Crippen LogP contribution in [0.4, 0.5) is 0 Å². The maximum absolute atomic E-state index is 11.1. The van der Waals surface area contributed by atoms with Gasteiger partial charge in [0.15, 0.2) is 0 Å². The van der Waals surface area contributed by atoms with E-state index in [0.717, 1.165) is 13.0 Å². The second kappa shape index (κ2) is 11.3. The lowest BCUT2D eigenvalue weighted by Gasteiger charge is -2.07. The maximum atomic E-state index is 11.1. The average Bonchev–Trinajstić information content (AvgIpc) is 2.91. The zero-order valence-electron chi connectivity index (χ0n) is 15.3. The standard InChI is InChI=1S/C19H34N2O2/c1-4-6-7-8-9-10-11-12-13-18-20(5-2)14-15-21(18)16-17(3)19(22)23/h14-15,17H,4-13,16H2,1-3H3/p+1. The summed E-state index contributed by atoms with van der Waals surface area (Å²) in [6.07, 6.45) is 15.7. The molecule has 1 atom stereocenters. The largest absolute Gasteiger partial charge is 0.481 e. The molecule has 4 nitrogen and oxygen atoms in total. The van der Waals surface area contributed by atoms with E-state index in [1.807, 2.05) is 6.20 Å². The molecule has 1 heterocycles. The van der Waals surface area contributed by atoms with Crippen molar-refractivity contribution >= 4 is 5.97 Å². The van der Waals surface area contributed by atoms with Crippen molar-refractivity contribution in [1.82, 2.24) is 4.57 Å². The molecule has 1 aromatic rings. The van der Waals surface area contributed by atoms with Crippen LogP contribution in [0, 0.1) is 5.92 Å². The van der Waals surface area contributed by atoms with Crippen LogP contribution >= 0.6 is 0 Å².